The Labute approximate surface area is 182 Å². The largest absolute Gasteiger partial charge is 0.494 e. The molecule has 0 amide bonds. The van der Waals surface area contributed by atoms with Crippen LogP contribution in [-0.2, 0) is 10.5 Å². The summed E-state index contributed by atoms with van der Waals surface area (Å²) in [4.78, 5) is 3.07. The Morgan fingerprint density at radius 1 is 0.906 bits per heavy atom. The van der Waals surface area contributed by atoms with Crippen molar-refractivity contribution in [3.05, 3.63) is 54.7 Å². The molecule has 1 saturated heterocycles. The molecule has 6 nitrogen and oxygen atoms in total. The smallest absolute Gasteiger partial charge is 0.197 e. The van der Waals surface area contributed by atoms with Gasteiger partial charge in [0.1, 0.15) is 11.8 Å². The van der Waals surface area contributed by atoms with Gasteiger partial charge in [0.2, 0.25) is 0 Å². The lowest BCUT2D eigenvalue weighted by Crippen LogP contribution is -2.48. The summed E-state index contributed by atoms with van der Waals surface area (Å²) in [6, 6.07) is 16.5. The summed E-state index contributed by atoms with van der Waals surface area (Å²) < 4.78 is 11.2. The van der Waals surface area contributed by atoms with Crippen LogP contribution in [0.2, 0.25) is 0 Å². The Morgan fingerprint density at radius 3 is 2.38 bits per heavy atom. The highest BCUT2D eigenvalue weighted by atomic mass is 16.6. The third kappa shape index (κ3) is 1.58. The van der Waals surface area contributed by atoms with E-state index in [2.05, 4.69) is 38.4 Å². The Hall–Kier alpha value is -3.48. The van der Waals surface area contributed by atoms with Crippen LogP contribution < -0.4 is 0 Å². The summed E-state index contributed by atoms with van der Waals surface area (Å²) in [5.74, 6) is 0.176. The number of fused-ring (bicyclic) bond motifs is 13. The third-order valence-electron chi connectivity index (χ3n) is 8.04. The van der Waals surface area contributed by atoms with Crippen molar-refractivity contribution in [3.63, 3.8) is 0 Å². The van der Waals surface area contributed by atoms with Crippen molar-refractivity contribution in [1.82, 2.24) is 14.1 Å². The normalized spacial score (nSPS) is 27.0. The number of aromatic hydroxyl groups is 1. The van der Waals surface area contributed by atoms with Crippen molar-refractivity contribution in [2.24, 2.45) is 0 Å². The fourth-order valence-electron chi connectivity index (χ4n) is 6.49. The van der Waals surface area contributed by atoms with Crippen LogP contribution in [0.4, 0.5) is 0 Å². The van der Waals surface area contributed by atoms with Gasteiger partial charge < -0.3 is 29.1 Å². The topological polar surface area (TPSA) is 75.3 Å². The summed E-state index contributed by atoms with van der Waals surface area (Å²) in [7, 11) is 0. The van der Waals surface area contributed by atoms with Crippen molar-refractivity contribution < 1.29 is 14.9 Å². The van der Waals surface area contributed by atoms with Crippen molar-refractivity contribution in [2.75, 3.05) is 0 Å². The van der Waals surface area contributed by atoms with Gasteiger partial charge in [-0.15, -0.1) is 0 Å². The number of nitrogens with one attached hydrogen (secondary N) is 1. The Morgan fingerprint density at radius 2 is 1.59 bits per heavy atom. The fourth-order valence-corrected chi connectivity index (χ4v) is 6.49. The van der Waals surface area contributed by atoms with Gasteiger partial charge in [0.15, 0.2) is 11.6 Å². The first kappa shape index (κ1) is 17.1. The van der Waals surface area contributed by atoms with Crippen LogP contribution in [0, 0.1) is 0 Å². The summed E-state index contributed by atoms with van der Waals surface area (Å²) in [6.45, 7) is 3.88. The number of nitrogens with zero attached hydrogens (tertiary/aromatic N) is 2. The monoisotopic (exact) mass is 423 g/mol. The lowest BCUT2D eigenvalue weighted by atomic mass is 9.91. The van der Waals surface area contributed by atoms with E-state index in [1.54, 1.807) is 0 Å². The van der Waals surface area contributed by atoms with Gasteiger partial charge in [0.25, 0.3) is 0 Å². The molecule has 2 aliphatic heterocycles. The molecule has 0 spiro atoms. The minimum Gasteiger partial charge on any atom is -0.494 e. The zero-order valence-corrected chi connectivity index (χ0v) is 17.7. The standard InChI is InChI=1S/C26H21N3O3/c1-25(31)11-18-28-16-9-5-3-7-13(16)20-21-15(12-27-24(21)30)19-14-8-4-6-10-17(14)29(23(19)22(20)28)26(25,2)32-18/h3-10,12,18,27,30-31H,11H2,1-2H3/t18-,25-,26+/m1/s1. The lowest BCUT2D eigenvalue weighted by molar-refractivity contribution is -0.170. The number of rotatable bonds is 0. The molecule has 3 atom stereocenters. The molecular weight excluding hydrogens is 402 g/mol. The first-order chi connectivity index (χ1) is 15.4. The van der Waals surface area contributed by atoms with Crippen LogP contribution in [0.15, 0.2) is 54.7 Å². The molecule has 0 radical (unpaired) electrons. The molecule has 158 valence electrons. The zero-order chi connectivity index (χ0) is 21.6. The maximum atomic E-state index is 11.7. The Kier molecular flexibility index (Phi) is 2.65. The van der Waals surface area contributed by atoms with E-state index in [0.29, 0.717) is 6.42 Å². The Bertz CT molecular complexity index is 1800. The third-order valence-corrected chi connectivity index (χ3v) is 8.04. The number of para-hydroxylation sites is 2. The molecule has 6 heteroatoms. The number of hydrogen-bond donors (Lipinski definition) is 3. The van der Waals surface area contributed by atoms with Gasteiger partial charge in [-0.2, -0.15) is 0 Å². The van der Waals surface area contributed by atoms with Crippen LogP contribution in [-0.4, -0.2) is 29.9 Å². The quantitative estimate of drug-likeness (QED) is 0.304. The molecule has 0 aliphatic carbocycles. The molecule has 3 aromatic carbocycles. The predicted octanol–water partition coefficient (Wildman–Crippen LogP) is 5.45. The highest BCUT2D eigenvalue weighted by molar-refractivity contribution is 6.37. The van der Waals surface area contributed by atoms with Crippen molar-refractivity contribution >= 4 is 54.4 Å². The minimum absolute atomic E-state index is 0.176. The SMILES string of the molecule is C[C@@]1(O)C[C@H]2O[C@]1(C)n1c3ccccc3c3c4c[nH]c(O)c4c4c5ccccc5n2c4c31. The molecule has 2 aliphatic rings. The molecule has 3 N–H and O–H groups in total. The van der Waals surface area contributed by atoms with E-state index in [0.717, 1.165) is 54.4 Å². The van der Waals surface area contributed by atoms with E-state index < -0.39 is 11.3 Å². The highest BCUT2D eigenvalue weighted by Gasteiger charge is 2.58. The Balaban J connectivity index is 1.84. The van der Waals surface area contributed by atoms with Gasteiger partial charge in [0.05, 0.1) is 27.5 Å². The summed E-state index contributed by atoms with van der Waals surface area (Å²) >= 11 is 0. The average Bonchev–Trinajstić information content (AvgIpc) is 3.45. The first-order valence-corrected chi connectivity index (χ1v) is 11.0. The first-order valence-electron chi connectivity index (χ1n) is 11.0. The van der Waals surface area contributed by atoms with E-state index in [1.165, 1.54) is 0 Å². The maximum Gasteiger partial charge on any atom is 0.197 e. The van der Waals surface area contributed by atoms with Crippen molar-refractivity contribution in [3.8, 4) is 5.88 Å². The van der Waals surface area contributed by atoms with Gasteiger partial charge in [-0.1, -0.05) is 36.4 Å². The second-order valence-electron chi connectivity index (χ2n) is 9.65. The molecule has 3 aromatic heterocycles. The van der Waals surface area contributed by atoms with Crippen molar-refractivity contribution in [1.29, 1.82) is 0 Å². The number of aromatic nitrogens is 3. The van der Waals surface area contributed by atoms with E-state index in [9.17, 15) is 10.2 Å². The summed E-state index contributed by atoms with van der Waals surface area (Å²) in [5.41, 5.74) is 2.12. The van der Waals surface area contributed by atoms with Crippen LogP contribution in [0.25, 0.3) is 54.4 Å². The number of hydrogen-bond acceptors (Lipinski definition) is 3. The number of ether oxygens (including phenoxy) is 1. The molecule has 1 fully saturated rings. The highest BCUT2D eigenvalue weighted by Crippen LogP contribution is 2.57. The van der Waals surface area contributed by atoms with E-state index in [-0.39, 0.29) is 12.1 Å². The van der Waals surface area contributed by atoms with E-state index in [1.807, 2.05) is 44.3 Å². The number of benzene rings is 3. The number of H-pyrrole nitrogens is 1. The second kappa shape index (κ2) is 4.95. The zero-order valence-electron chi connectivity index (χ0n) is 17.7. The van der Waals surface area contributed by atoms with Crippen LogP contribution >= 0.6 is 0 Å². The number of aromatic amines is 1. The molecule has 0 saturated carbocycles. The minimum atomic E-state index is -1.07. The summed E-state index contributed by atoms with van der Waals surface area (Å²) in [6.07, 6.45) is 2.05. The van der Waals surface area contributed by atoms with Crippen LogP contribution in [0.3, 0.4) is 0 Å². The fraction of sp³-hybridized carbons (Fsp3) is 0.231. The average molecular weight is 423 g/mol. The van der Waals surface area contributed by atoms with E-state index in [4.69, 9.17) is 4.74 Å². The molecule has 2 bridgehead atoms. The molecule has 6 aromatic rings. The second-order valence-corrected chi connectivity index (χ2v) is 9.65. The molecule has 5 heterocycles. The van der Waals surface area contributed by atoms with Gasteiger partial charge in [-0.05, 0) is 26.0 Å². The maximum absolute atomic E-state index is 11.7. The van der Waals surface area contributed by atoms with Gasteiger partial charge >= 0.3 is 0 Å². The molecule has 32 heavy (non-hydrogen) atoms. The van der Waals surface area contributed by atoms with Crippen LogP contribution in [0.5, 0.6) is 5.88 Å². The molecular formula is C26H21N3O3. The predicted molar refractivity (Wildman–Crippen MR) is 125 cm³/mol. The molecule has 0 unspecified atom stereocenters. The van der Waals surface area contributed by atoms with Gasteiger partial charge in [-0.3, -0.25) is 0 Å². The number of aliphatic hydroxyl groups is 1. The van der Waals surface area contributed by atoms with Crippen molar-refractivity contribution in [2.45, 2.75) is 37.8 Å². The summed E-state index contributed by atoms with van der Waals surface area (Å²) in [5, 5.41) is 28.7. The van der Waals surface area contributed by atoms with E-state index >= 15 is 0 Å². The van der Waals surface area contributed by atoms with Gasteiger partial charge in [0, 0.05) is 39.5 Å². The van der Waals surface area contributed by atoms with Gasteiger partial charge in [-0.25, -0.2) is 0 Å². The molecule has 8 rings (SSSR count). The lowest BCUT2D eigenvalue weighted by Gasteiger charge is -2.37. The van der Waals surface area contributed by atoms with Crippen LogP contribution in [0.1, 0.15) is 26.5 Å².